The average molecular weight is 316 g/mol. The van der Waals surface area contributed by atoms with E-state index in [2.05, 4.69) is 20.2 Å². The summed E-state index contributed by atoms with van der Waals surface area (Å²) in [6, 6.07) is 7.29. The van der Waals surface area contributed by atoms with Gasteiger partial charge < -0.3 is 0 Å². The van der Waals surface area contributed by atoms with E-state index in [1.165, 1.54) is 0 Å². The van der Waals surface area contributed by atoms with Gasteiger partial charge in [-0.05, 0) is 24.3 Å². The number of pyridine rings is 2. The summed E-state index contributed by atoms with van der Waals surface area (Å²) in [5.74, 6) is -0.129. The van der Waals surface area contributed by atoms with Crippen molar-refractivity contribution in [2.45, 2.75) is 0 Å². The van der Waals surface area contributed by atoms with Crippen LogP contribution in [0, 0.1) is 0 Å². The smallest absolute Gasteiger partial charge is 0.199 e. The van der Waals surface area contributed by atoms with Crippen molar-refractivity contribution in [2.24, 2.45) is 0 Å². The quantitative estimate of drug-likeness (QED) is 0.539. The summed E-state index contributed by atoms with van der Waals surface area (Å²) in [6.07, 6.45) is 13.2. The molecule has 4 aromatic rings. The van der Waals surface area contributed by atoms with Gasteiger partial charge in [-0.15, -0.1) is 0 Å². The van der Waals surface area contributed by atoms with E-state index in [4.69, 9.17) is 0 Å². The summed E-state index contributed by atoms with van der Waals surface area (Å²) in [4.78, 5) is 20.5. The second-order valence-electron chi connectivity index (χ2n) is 5.09. The molecule has 0 unspecified atom stereocenters. The molecule has 4 rings (SSSR count). The maximum absolute atomic E-state index is 12.6. The van der Waals surface area contributed by atoms with Gasteiger partial charge in [0.05, 0.1) is 34.9 Å². The van der Waals surface area contributed by atoms with Gasteiger partial charge in [-0.3, -0.25) is 14.8 Å². The standard InChI is InChI=1S/C17H12N6O/c24-17(13-9-20-22(11-13)15-1-5-18-6-2-15)14-10-21-23(12-14)16-3-7-19-8-4-16/h1-12H. The van der Waals surface area contributed by atoms with Crippen molar-refractivity contribution in [3.63, 3.8) is 0 Å². The van der Waals surface area contributed by atoms with Crippen LogP contribution >= 0.6 is 0 Å². The van der Waals surface area contributed by atoms with Crippen molar-refractivity contribution in [3.8, 4) is 11.4 Å². The van der Waals surface area contributed by atoms with Crippen molar-refractivity contribution in [2.75, 3.05) is 0 Å². The zero-order chi connectivity index (χ0) is 16.4. The fourth-order valence-corrected chi connectivity index (χ4v) is 2.32. The molecule has 7 nitrogen and oxygen atoms in total. The lowest BCUT2D eigenvalue weighted by Crippen LogP contribution is -1.99. The van der Waals surface area contributed by atoms with E-state index in [0.717, 1.165) is 11.4 Å². The molecule has 0 amide bonds. The molecule has 4 aromatic heterocycles. The van der Waals surface area contributed by atoms with E-state index >= 15 is 0 Å². The Labute approximate surface area is 137 Å². The van der Waals surface area contributed by atoms with Crippen molar-refractivity contribution in [1.82, 2.24) is 29.5 Å². The van der Waals surface area contributed by atoms with Crippen molar-refractivity contribution in [1.29, 1.82) is 0 Å². The molecule has 0 saturated heterocycles. The molecular weight excluding hydrogens is 304 g/mol. The summed E-state index contributed by atoms with van der Waals surface area (Å²) in [5.41, 5.74) is 2.69. The Balaban J connectivity index is 1.61. The largest absolute Gasteiger partial charge is 0.288 e. The van der Waals surface area contributed by atoms with Crippen LogP contribution in [0.1, 0.15) is 15.9 Å². The van der Waals surface area contributed by atoms with Gasteiger partial charge in [0.2, 0.25) is 0 Å². The van der Waals surface area contributed by atoms with Crippen LogP contribution in [0.4, 0.5) is 0 Å². The first kappa shape index (κ1) is 14.0. The van der Waals surface area contributed by atoms with Crippen LogP contribution in [0.25, 0.3) is 11.4 Å². The predicted octanol–water partition coefficient (Wildman–Crippen LogP) is 2.08. The third-order valence-electron chi connectivity index (χ3n) is 3.54. The lowest BCUT2D eigenvalue weighted by atomic mass is 10.1. The zero-order valence-corrected chi connectivity index (χ0v) is 12.5. The van der Waals surface area contributed by atoms with Crippen LogP contribution in [-0.4, -0.2) is 35.3 Å². The highest BCUT2D eigenvalue weighted by molar-refractivity contribution is 6.08. The summed E-state index contributed by atoms with van der Waals surface area (Å²) in [7, 11) is 0. The van der Waals surface area contributed by atoms with Gasteiger partial charge >= 0.3 is 0 Å². The van der Waals surface area contributed by atoms with Crippen molar-refractivity contribution >= 4 is 5.78 Å². The summed E-state index contributed by atoms with van der Waals surface area (Å²) in [6.45, 7) is 0. The van der Waals surface area contributed by atoms with Gasteiger partial charge in [0.1, 0.15) is 0 Å². The van der Waals surface area contributed by atoms with Gasteiger partial charge in [0, 0.05) is 37.2 Å². The molecule has 4 heterocycles. The Morgan fingerprint density at radius 1 is 0.708 bits per heavy atom. The summed E-state index contributed by atoms with van der Waals surface area (Å²) < 4.78 is 3.28. The van der Waals surface area contributed by atoms with E-state index < -0.39 is 0 Å². The van der Waals surface area contributed by atoms with Gasteiger partial charge in [0.15, 0.2) is 5.78 Å². The monoisotopic (exact) mass is 316 g/mol. The molecule has 24 heavy (non-hydrogen) atoms. The van der Waals surface area contributed by atoms with Crippen molar-refractivity contribution in [3.05, 3.63) is 85.0 Å². The fraction of sp³-hybridized carbons (Fsp3) is 0. The van der Waals surface area contributed by atoms with Crippen molar-refractivity contribution < 1.29 is 4.79 Å². The molecule has 0 aromatic carbocycles. The first-order valence-electron chi connectivity index (χ1n) is 7.26. The molecule has 0 spiro atoms. The van der Waals surface area contributed by atoms with Crippen LogP contribution < -0.4 is 0 Å². The van der Waals surface area contributed by atoms with Crippen LogP contribution in [0.15, 0.2) is 73.8 Å². The molecule has 7 heteroatoms. The van der Waals surface area contributed by atoms with E-state index in [1.807, 2.05) is 24.3 Å². The molecule has 0 aliphatic carbocycles. The number of nitrogens with zero attached hydrogens (tertiary/aromatic N) is 6. The lowest BCUT2D eigenvalue weighted by molar-refractivity contribution is 0.103. The van der Waals surface area contributed by atoms with Gasteiger partial charge in [0.25, 0.3) is 0 Å². The molecule has 0 aliphatic rings. The molecule has 0 N–H and O–H groups in total. The number of carbonyl (C=O) groups is 1. The lowest BCUT2D eigenvalue weighted by Gasteiger charge is -1.99. The van der Waals surface area contributed by atoms with Crippen LogP contribution in [-0.2, 0) is 0 Å². The number of rotatable bonds is 4. The molecule has 0 aliphatic heterocycles. The molecule has 0 bridgehead atoms. The Kier molecular flexibility index (Phi) is 3.43. The molecule has 0 atom stereocenters. The minimum atomic E-state index is -0.129. The fourth-order valence-electron chi connectivity index (χ4n) is 2.32. The van der Waals surface area contributed by atoms with Gasteiger partial charge in [-0.1, -0.05) is 0 Å². The third kappa shape index (κ3) is 2.58. The molecular formula is C17H12N6O. The van der Waals surface area contributed by atoms with E-state index in [-0.39, 0.29) is 5.78 Å². The molecule has 0 fully saturated rings. The molecule has 0 radical (unpaired) electrons. The molecule has 116 valence electrons. The van der Waals surface area contributed by atoms with Gasteiger partial charge in [-0.25, -0.2) is 9.36 Å². The normalized spacial score (nSPS) is 10.7. The predicted molar refractivity (Wildman–Crippen MR) is 86.2 cm³/mol. The highest BCUT2D eigenvalue weighted by Crippen LogP contribution is 2.13. The SMILES string of the molecule is O=C(c1cnn(-c2ccncc2)c1)c1cnn(-c2ccncc2)c1. The Morgan fingerprint density at radius 2 is 1.12 bits per heavy atom. The third-order valence-corrected chi connectivity index (χ3v) is 3.54. The Bertz CT molecular complexity index is 895. The first-order valence-corrected chi connectivity index (χ1v) is 7.26. The number of ketones is 1. The second-order valence-corrected chi connectivity index (χ2v) is 5.09. The Hall–Kier alpha value is -3.61. The first-order chi connectivity index (χ1) is 11.8. The second kappa shape index (κ2) is 5.88. The van der Waals surface area contributed by atoms with Crippen LogP contribution in [0.3, 0.4) is 0 Å². The zero-order valence-electron chi connectivity index (χ0n) is 12.5. The highest BCUT2D eigenvalue weighted by atomic mass is 16.1. The Morgan fingerprint density at radius 3 is 1.54 bits per heavy atom. The minimum absolute atomic E-state index is 0.129. The number of aromatic nitrogens is 6. The van der Waals surface area contributed by atoms with E-state index in [0.29, 0.717) is 11.1 Å². The number of carbonyl (C=O) groups excluding carboxylic acids is 1. The minimum Gasteiger partial charge on any atom is -0.288 e. The highest BCUT2D eigenvalue weighted by Gasteiger charge is 2.14. The topological polar surface area (TPSA) is 78.5 Å². The molecule has 0 saturated carbocycles. The van der Waals surface area contributed by atoms with E-state index in [9.17, 15) is 4.79 Å². The van der Waals surface area contributed by atoms with Crippen LogP contribution in [0.2, 0.25) is 0 Å². The van der Waals surface area contributed by atoms with Crippen LogP contribution in [0.5, 0.6) is 0 Å². The van der Waals surface area contributed by atoms with Gasteiger partial charge in [-0.2, -0.15) is 10.2 Å². The number of hydrogen-bond donors (Lipinski definition) is 0. The average Bonchev–Trinajstić information content (AvgIpc) is 3.33. The maximum Gasteiger partial charge on any atom is 0.199 e. The maximum atomic E-state index is 12.6. The summed E-state index contributed by atoms with van der Waals surface area (Å²) in [5, 5.41) is 8.46. The number of hydrogen-bond acceptors (Lipinski definition) is 5. The van der Waals surface area contributed by atoms with E-state index in [1.54, 1.807) is 58.9 Å². The summed E-state index contributed by atoms with van der Waals surface area (Å²) >= 11 is 0.